The fourth-order valence-electron chi connectivity index (χ4n) is 5.08. The average Bonchev–Trinajstić information content (AvgIpc) is 3.67. The van der Waals surface area contributed by atoms with Crippen LogP contribution in [0.15, 0.2) is 90.0 Å². The standard InChI is InChI=1S/C17H14BrNO3S.C16H12BrNO3S/c1-10(20)14-15(22-2)17(21)19(13-6-7-23-16(13)14)9-11-4-3-5-12(18)8-11;1-9(19)13-14(20)16(21)18(12-5-6-22-15(12)13)8-10-3-2-4-11(17)7-10/h3-8H,9H2,1-2H3;2-7,20H,8H2,1H3. The van der Waals surface area contributed by atoms with Crippen molar-refractivity contribution in [3.63, 3.8) is 0 Å². The predicted octanol–water partition coefficient (Wildman–Crippen LogP) is 7.87. The molecular weight excluding hydrogens is 744 g/mol. The van der Waals surface area contributed by atoms with Crippen LogP contribution in [0.5, 0.6) is 11.5 Å². The topological polar surface area (TPSA) is 108 Å². The van der Waals surface area contributed by atoms with Gasteiger partial charge in [-0.2, -0.15) is 0 Å². The Kier molecular flexibility index (Phi) is 9.88. The highest BCUT2D eigenvalue weighted by Gasteiger charge is 2.22. The fourth-order valence-corrected chi connectivity index (χ4v) is 7.95. The van der Waals surface area contributed by atoms with Crippen LogP contribution < -0.4 is 15.9 Å². The number of fused-ring (bicyclic) bond motifs is 2. The Hall–Kier alpha value is -3.84. The molecule has 0 bridgehead atoms. The number of aromatic nitrogens is 2. The highest BCUT2D eigenvalue weighted by molar-refractivity contribution is 9.10. The van der Waals surface area contributed by atoms with E-state index in [2.05, 4.69) is 31.9 Å². The lowest BCUT2D eigenvalue weighted by molar-refractivity contribution is 0.100. The largest absolute Gasteiger partial charge is 0.502 e. The number of rotatable bonds is 7. The number of halogens is 2. The molecule has 0 spiro atoms. The molecule has 4 heterocycles. The quantitative estimate of drug-likeness (QED) is 0.166. The summed E-state index contributed by atoms with van der Waals surface area (Å²) in [5.41, 5.74) is 2.99. The molecule has 0 aliphatic rings. The van der Waals surface area contributed by atoms with Gasteiger partial charge in [0.15, 0.2) is 23.1 Å². The number of carbonyl (C=O) groups excluding carboxylic acids is 2. The van der Waals surface area contributed by atoms with Crippen molar-refractivity contribution >= 4 is 86.5 Å². The SMILES string of the molecule is CC(=O)c1c(O)c(=O)n(Cc2cccc(Br)c2)c2ccsc12.COc1c(C(C)=O)c2sccc2n(Cc2cccc(Br)c2)c1=O. The first-order valence-electron chi connectivity index (χ1n) is 13.5. The van der Waals surface area contributed by atoms with Crippen LogP contribution in [0.3, 0.4) is 0 Å². The molecule has 0 saturated carbocycles. The molecule has 12 heteroatoms. The van der Waals surface area contributed by atoms with E-state index in [1.165, 1.54) is 48.2 Å². The van der Waals surface area contributed by atoms with Crippen LogP contribution in [0, 0.1) is 0 Å². The summed E-state index contributed by atoms with van der Waals surface area (Å²) in [4.78, 5) is 49.0. The summed E-state index contributed by atoms with van der Waals surface area (Å²) in [6.45, 7) is 3.55. The Morgan fingerprint density at radius 3 is 1.67 bits per heavy atom. The number of ketones is 2. The molecule has 4 aromatic heterocycles. The van der Waals surface area contributed by atoms with Crippen LogP contribution in [0.25, 0.3) is 20.4 Å². The zero-order chi connectivity index (χ0) is 32.4. The molecule has 6 aromatic rings. The van der Waals surface area contributed by atoms with Gasteiger partial charge in [0.25, 0.3) is 11.1 Å². The van der Waals surface area contributed by atoms with Crippen LogP contribution in [0.1, 0.15) is 45.7 Å². The first-order chi connectivity index (χ1) is 21.5. The average molecular weight is 771 g/mol. The van der Waals surface area contributed by atoms with Crippen LogP contribution in [-0.4, -0.2) is 32.9 Å². The maximum Gasteiger partial charge on any atom is 0.294 e. The zero-order valence-corrected chi connectivity index (χ0v) is 29.1. The minimum Gasteiger partial charge on any atom is -0.502 e. The van der Waals surface area contributed by atoms with Crippen molar-refractivity contribution in [3.05, 3.63) is 123 Å². The Morgan fingerprint density at radius 1 is 0.756 bits per heavy atom. The number of ether oxygens (including phenoxy) is 1. The van der Waals surface area contributed by atoms with Gasteiger partial charge in [-0.3, -0.25) is 28.3 Å². The highest BCUT2D eigenvalue weighted by atomic mass is 79.9. The number of hydrogen-bond acceptors (Lipinski definition) is 8. The van der Waals surface area contributed by atoms with Crippen LogP contribution in [-0.2, 0) is 13.1 Å². The molecular formula is C33H26Br2N2O6S2. The molecule has 0 saturated heterocycles. The molecule has 0 aliphatic heterocycles. The van der Waals surface area contributed by atoms with Gasteiger partial charge < -0.3 is 9.84 Å². The Balaban J connectivity index is 0.000000178. The molecule has 45 heavy (non-hydrogen) atoms. The van der Waals surface area contributed by atoms with Crippen LogP contribution in [0.4, 0.5) is 0 Å². The van der Waals surface area contributed by atoms with E-state index in [4.69, 9.17) is 4.74 Å². The minimum absolute atomic E-state index is 0.112. The highest BCUT2D eigenvalue weighted by Crippen LogP contribution is 2.31. The first kappa shape index (κ1) is 32.6. The van der Waals surface area contributed by atoms with Crippen molar-refractivity contribution in [1.82, 2.24) is 9.13 Å². The van der Waals surface area contributed by atoms with E-state index in [9.17, 15) is 24.3 Å². The third-order valence-corrected chi connectivity index (χ3v) is 9.87. The molecule has 0 aliphatic carbocycles. The number of methoxy groups -OCH3 is 1. The van der Waals surface area contributed by atoms with Gasteiger partial charge in [-0.1, -0.05) is 56.1 Å². The van der Waals surface area contributed by atoms with Crippen LogP contribution in [0.2, 0.25) is 0 Å². The summed E-state index contributed by atoms with van der Waals surface area (Å²) in [6, 6.07) is 19.1. The lowest BCUT2D eigenvalue weighted by Crippen LogP contribution is -2.24. The van der Waals surface area contributed by atoms with Crippen molar-refractivity contribution < 1.29 is 19.4 Å². The van der Waals surface area contributed by atoms with E-state index < -0.39 is 11.3 Å². The Morgan fingerprint density at radius 2 is 1.22 bits per heavy atom. The van der Waals surface area contributed by atoms with E-state index in [1.807, 2.05) is 65.4 Å². The number of nitrogens with zero attached hydrogens (tertiary/aromatic N) is 2. The van der Waals surface area contributed by atoms with Crippen molar-refractivity contribution in [2.24, 2.45) is 0 Å². The smallest absolute Gasteiger partial charge is 0.294 e. The van der Waals surface area contributed by atoms with E-state index in [0.29, 0.717) is 28.9 Å². The lowest BCUT2D eigenvalue weighted by Gasteiger charge is -2.13. The number of aromatic hydroxyl groups is 1. The first-order valence-corrected chi connectivity index (χ1v) is 16.9. The van der Waals surface area contributed by atoms with E-state index >= 15 is 0 Å². The van der Waals surface area contributed by atoms with E-state index in [1.54, 1.807) is 10.6 Å². The van der Waals surface area contributed by atoms with E-state index in [-0.39, 0.29) is 28.4 Å². The molecule has 0 atom stereocenters. The van der Waals surface area contributed by atoms with Gasteiger partial charge in [0.1, 0.15) is 0 Å². The molecule has 230 valence electrons. The zero-order valence-electron chi connectivity index (χ0n) is 24.3. The van der Waals surface area contributed by atoms with Gasteiger partial charge in [0, 0.05) is 8.95 Å². The van der Waals surface area contributed by atoms with Gasteiger partial charge in [0.2, 0.25) is 0 Å². The third-order valence-electron chi connectivity index (χ3n) is 7.04. The Bertz CT molecular complexity index is 2210. The second-order valence-corrected chi connectivity index (χ2v) is 13.7. The van der Waals surface area contributed by atoms with Crippen molar-refractivity contribution in [2.45, 2.75) is 26.9 Å². The number of Topliss-reactive ketones (excluding diaryl/α,β-unsaturated/α-hetero) is 2. The lowest BCUT2D eigenvalue weighted by atomic mass is 10.1. The Labute approximate surface area is 282 Å². The van der Waals surface area contributed by atoms with Gasteiger partial charge in [0.05, 0.1) is 51.8 Å². The maximum atomic E-state index is 12.8. The van der Waals surface area contributed by atoms with Gasteiger partial charge in [-0.25, -0.2) is 0 Å². The van der Waals surface area contributed by atoms with Gasteiger partial charge in [-0.15, -0.1) is 22.7 Å². The second kappa shape index (κ2) is 13.7. The summed E-state index contributed by atoms with van der Waals surface area (Å²) in [6.07, 6.45) is 0. The molecule has 0 amide bonds. The van der Waals surface area contributed by atoms with Crippen molar-refractivity contribution in [2.75, 3.05) is 7.11 Å². The van der Waals surface area contributed by atoms with Gasteiger partial charge >= 0.3 is 0 Å². The monoisotopic (exact) mass is 768 g/mol. The molecule has 8 nitrogen and oxygen atoms in total. The minimum atomic E-state index is -0.545. The summed E-state index contributed by atoms with van der Waals surface area (Å²) in [5.74, 6) is -0.836. The molecule has 0 radical (unpaired) electrons. The number of pyridine rings is 2. The normalized spacial score (nSPS) is 11.0. The second-order valence-electron chi connectivity index (χ2n) is 10.1. The number of thiophene rings is 2. The molecule has 0 fully saturated rings. The van der Waals surface area contributed by atoms with Gasteiger partial charge in [-0.05, 0) is 72.1 Å². The van der Waals surface area contributed by atoms with Crippen molar-refractivity contribution in [1.29, 1.82) is 0 Å². The predicted molar refractivity (Wildman–Crippen MR) is 187 cm³/mol. The van der Waals surface area contributed by atoms with E-state index in [0.717, 1.165) is 30.3 Å². The maximum absolute atomic E-state index is 12.8. The fraction of sp³-hybridized carbons (Fsp3) is 0.152. The molecule has 0 unspecified atom stereocenters. The summed E-state index contributed by atoms with van der Waals surface area (Å²) in [7, 11) is 1.42. The number of hydrogen-bond donors (Lipinski definition) is 1. The van der Waals surface area contributed by atoms with Crippen LogP contribution >= 0.6 is 54.5 Å². The van der Waals surface area contributed by atoms with Crippen molar-refractivity contribution in [3.8, 4) is 11.5 Å². The molecule has 1 N–H and O–H groups in total. The summed E-state index contributed by atoms with van der Waals surface area (Å²) >= 11 is 9.62. The summed E-state index contributed by atoms with van der Waals surface area (Å²) in [5, 5.41) is 13.8. The molecule has 6 rings (SSSR count). The third kappa shape index (κ3) is 6.60. The number of carbonyl (C=O) groups is 2. The number of benzene rings is 2. The molecule has 2 aromatic carbocycles. The summed E-state index contributed by atoms with van der Waals surface area (Å²) < 4.78 is 11.7.